The number of carbonyl (C=O) groups excluding carboxylic acids is 1. The summed E-state index contributed by atoms with van der Waals surface area (Å²) in [6.07, 6.45) is 0.776. The second kappa shape index (κ2) is 9.98. The monoisotopic (exact) mass is 455 g/mol. The molecule has 0 saturated carbocycles. The average molecular weight is 456 g/mol. The predicted molar refractivity (Wildman–Crippen MR) is 134 cm³/mol. The number of hydrogen-bond acceptors (Lipinski definition) is 5. The minimum Gasteiger partial charge on any atom is -0.493 e. The average Bonchev–Trinajstić information content (AvgIpc) is 3.25. The van der Waals surface area contributed by atoms with Crippen molar-refractivity contribution in [1.82, 2.24) is 4.90 Å². The molecule has 4 rings (SSSR count). The van der Waals surface area contributed by atoms with Gasteiger partial charge in [-0.1, -0.05) is 18.2 Å². The Morgan fingerprint density at radius 2 is 1.85 bits per heavy atom. The van der Waals surface area contributed by atoms with E-state index in [2.05, 4.69) is 11.0 Å². The molecule has 6 nitrogen and oxygen atoms in total. The second-order valence-corrected chi connectivity index (χ2v) is 8.71. The van der Waals surface area contributed by atoms with Crippen LogP contribution in [0.4, 0.5) is 5.69 Å². The molecule has 0 aliphatic carbocycles. The molecule has 6 heteroatoms. The van der Waals surface area contributed by atoms with E-state index >= 15 is 0 Å². The normalized spacial score (nSPS) is 12.4. The van der Waals surface area contributed by atoms with Gasteiger partial charge in [-0.05, 0) is 80.0 Å². The highest BCUT2D eigenvalue weighted by atomic mass is 16.5. The van der Waals surface area contributed by atoms with Crippen LogP contribution >= 0.6 is 0 Å². The molecule has 174 valence electrons. The quantitative estimate of drug-likeness (QED) is 0.517. The van der Waals surface area contributed by atoms with Gasteiger partial charge in [0.05, 0.1) is 24.4 Å². The number of fused-ring (bicyclic) bond motifs is 1. The fraction of sp³-hybridized carbons (Fsp3) is 0.286. The number of rotatable bonds is 7. The van der Waals surface area contributed by atoms with Gasteiger partial charge in [0.15, 0.2) is 11.5 Å². The number of amides is 1. The van der Waals surface area contributed by atoms with Crippen LogP contribution in [0.5, 0.6) is 11.5 Å². The van der Waals surface area contributed by atoms with Crippen molar-refractivity contribution < 1.29 is 14.3 Å². The third kappa shape index (κ3) is 4.75. The Bertz CT molecular complexity index is 1240. The highest BCUT2D eigenvalue weighted by Gasteiger charge is 2.28. The van der Waals surface area contributed by atoms with Crippen molar-refractivity contribution in [2.24, 2.45) is 0 Å². The number of nitriles is 1. The van der Waals surface area contributed by atoms with E-state index in [1.165, 1.54) is 0 Å². The van der Waals surface area contributed by atoms with Crippen molar-refractivity contribution in [2.45, 2.75) is 13.3 Å². The van der Waals surface area contributed by atoms with Crippen molar-refractivity contribution in [3.05, 3.63) is 76.9 Å². The van der Waals surface area contributed by atoms with E-state index in [0.29, 0.717) is 35.8 Å². The standard InChI is InChI=1S/C28H29N3O3/c1-19-15-20(18-29)5-10-24(19)21-6-8-22(9-7-21)28(32)31-12-11-23-16-26(33-4)27(17-25(23)31)34-14-13-30(2)3/h5-10,15-17H,11-14H2,1-4H3. The third-order valence-corrected chi connectivity index (χ3v) is 6.10. The van der Waals surface area contributed by atoms with Crippen molar-refractivity contribution in [3.8, 4) is 28.7 Å². The topological polar surface area (TPSA) is 65.8 Å². The summed E-state index contributed by atoms with van der Waals surface area (Å²) in [4.78, 5) is 17.3. The van der Waals surface area contributed by atoms with Gasteiger partial charge in [0.25, 0.3) is 5.91 Å². The predicted octanol–water partition coefficient (Wildman–Crippen LogP) is 4.69. The van der Waals surface area contributed by atoms with Gasteiger partial charge in [0.2, 0.25) is 0 Å². The molecule has 34 heavy (non-hydrogen) atoms. The summed E-state index contributed by atoms with van der Waals surface area (Å²) in [5, 5.41) is 9.10. The first-order chi connectivity index (χ1) is 16.4. The first kappa shape index (κ1) is 23.3. The minimum absolute atomic E-state index is 0.0359. The van der Waals surface area contributed by atoms with Gasteiger partial charge in [-0.25, -0.2) is 0 Å². The lowest BCUT2D eigenvalue weighted by atomic mass is 9.97. The van der Waals surface area contributed by atoms with Crippen LogP contribution < -0.4 is 14.4 Å². The van der Waals surface area contributed by atoms with E-state index in [1.807, 2.05) is 80.5 Å². The van der Waals surface area contributed by atoms with Gasteiger partial charge >= 0.3 is 0 Å². The summed E-state index contributed by atoms with van der Waals surface area (Å²) >= 11 is 0. The summed E-state index contributed by atoms with van der Waals surface area (Å²) in [5.74, 6) is 1.30. The van der Waals surface area contributed by atoms with Crippen LogP contribution in [0.25, 0.3) is 11.1 Å². The zero-order valence-electron chi connectivity index (χ0n) is 20.1. The summed E-state index contributed by atoms with van der Waals surface area (Å²) in [7, 11) is 5.63. The molecule has 3 aromatic carbocycles. The summed E-state index contributed by atoms with van der Waals surface area (Å²) < 4.78 is 11.5. The molecule has 0 atom stereocenters. The van der Waals surface area contributed by atoms with E-state index in [1.54, 1.807) is 7.11 Å². The lowest BCUT2D eigenvalue weighted by Crippen LogP contribution is -2.28. The van der Waals surface area contributed by atoms with Crippen LogP contribution in [0.2, 0.25) is 0 Å². The zero-order valence-corrected chi connectivity index (χ0v) is 20.1. The third-order valence-electron chi connectivity index (χ3n) is 6.10. The SMILES string of the molecule is COc1cc2c(cc1OCCN(C)C)N(C(=O)c1ccc(-c3ccc(C#N)cc3C)cc1)CC2. The molecule has 1 amide bonds. The van der Waals surface area contributed by atoms with E-state index in [-0.39, 0.29) is 5.91 Å². The number of methoxy groups -OCH3 is 1. The van der Waals surface area contributed by atoms with Gasteiger partial charge < -0.3 is 19.3 Å². The Balaban J connectivity index is 1.56. The first-order valence-corrected chi connectivity index (χ1v) is 11.3. The fourth-order valence-corrected chi connectivity index (χ4v) is 4.22. The van der Waals surface area contributed by atoms with Crippen LogP contribution in [-0.2, 0) is 6.42 Å². The molecule has 0 spiro atoms. The smallest absolute Gasteiger partial charge is 0.258 e. The molecule has 3 aromatic rings. The maximum atomic E-state index is 13.4. The van der Waals surface area contributed by atoms with Gasteiger partial charge in [-0.3, -0.25) is 4.79 Å². The molecular weight excluding hydrogens is 426 g/mol. The highest BCUT2D eigenvalue weighted by Crippen LogP contribution is 2.39. The second-order valence-electron chi connectivity index (χ2n) is 8.71. The van der Waals surface area contributed by atoms with Gasteiger partial charge in [-0.2, -0.15) is 5.26 Å². The number of hydrogen-bond donors (Lipinski definition) is 0. The number of anilines is 1. The lowest BCUT2D eigenvalue weighted by Gasteiger charge is -2.20. The van der Waals surface area contributed by atoms with E-state index in [0.717, 1.165) is 40.9 Å². The minimum atomic E-state index is -0.0359. The molecule has 1 aliphatic rings. The summed E-state index contributed by atoms with van der Waals surface area (Å²) in [6, 6.07) is 19.4. The number of carbonyl (C=O) groups is 1. The van der Waals surface area contributed by atoms with Crippen molar-refractivity contribution in [1.29, 1.82) is 5.26 Å². The van der Waals surface area contributed by atoms with Crippen molar-refractivity contribution in [3.63, 3.8) is 0 Å². The van der Waals surface area contributed by atoms with Gasteiger partial charge in [0, 0.05) is 24.7 Å². The van der Waals surface area contributed by atoms with Crippen LogP contribution in [-0.4, -0.2) is 51.7 Å². The number of ether oxygens (including phenoxy) is 2. The van der Waals surface area contributed by atoms with E-state index in [4.69, 9.17) is 14.7 Å². The molecule has 1 aliphatic heterocycles. The van der Waals surface area contributed by atoms with Crippen molar-refractivity contribution >= 4 is 11.6 Å². The van der Waals surface area contributed by atoms with Crippen LogP contribution in [0, 0.1) is 18.3 Å². The fourth-order valence-electron chi connectivity index (χ4n) is 4.22. The number of nitrogens with zero attached hydrogens (tertiary/aromatic N) is 3. The first-order valence-electron chi connectivity index (χ1n) is 11.3. The molecule has 0 N–H and O–H groups in total. The Morgan fingerprint density at radius 1 is 1.09 bits per heavy atom. The molecule has 1 heterocycles. The maximum Gasteiger partial charge on any atom is 0.258 e. The molecule has 0 saturated heterocycles. The molecule has 0 bridgehead atoms. The Morgan fingerprint density at radius 3 is 2.50 bits per heavy atom. The Kier molecular flexibility index (Phi) is 6.85. The zero-order chi connectivity index (χ0) is 24.2. The summed E-state index contributed by atoms with van der Waals surface area (Å²) in [6.45, 7) is 3.93. The molecular formula is C28H29N3O3. The number of aryl methyl sites for hydroxylation is 1. The largest absolute Gasteiger partial charge is 0.493 e. The van der Waals surface area contributed by atoms with E-state index in [9.17, 15) is 4.79 Å². The summed E-state index contributed by atoms with van der Waals surface area (Å²) in [5.41, 5.74) is 6.32. The van der Waals surface area contributed by atoms with Crippen LogP contribution in [0.1, 0.15) is 27.0 Å². The maximum absolute atomic E-state index is 13.4. The number of likely N-dealkylation sites (N-methyl/N-ethyl adjacent to an activating group) is 1. The van der Waals surface area contributed by atoms with Crippen LogP contribution in [0.3, 0.4) is 0 Å². The molecule has 0 radical (unpaired) electrons. The molecule has 0 unspecified atom stereocenters. The van der Waals surface area contributed by atoms with Gasteiger partial charge in [-0.15, -0.1) is 0 Å². The lowest BCUT2D eigenvalue weighted by molar-refractivity contribution is 0.0989. The Labute approximate surface area is 200 Å². The number of benzene rings is 3. The van der Waals surface area contributed by atoms with Crippen LogP contribution in [0.15, 0.2) is 54.6 Å². The molecule has 0 aromatic heterocycles. The van der Waals surface area contributed by atoms with Gasteiger partial charge in [0.1, 0.15) is 6.61 Å². The van der Waals surface area contributed by atoms with Crippen molar-refractivity contribution in [2.75, 3.05) is 45.8 Å². The molecule has 0 fully saturated rings. The highest BCUT2D eigenvalue weighted by molar-refractivity contribution is 6.07. The van der Waals surface area contributed by atoms with E-state index < -0.39 is 0 Å². The Hall–Kier alpha value is -3.82.